The molecular formula is C33H36N6O. The summed E-state index contributed by atoms with van der Waals surface area (Å²) in [7, 11) is 2.15. The van der Waals surface area contributed by atoms with Gasteiger partial charge in [-0.1, -0.05) is 62.4 Å². The lowest BCUT2D eigenvalue weighted by Gasteiger charge is -2.32. The zero-order valence-corrected chi connectivity index (χ0v) is 23.5. The smallest absolute Gasteiger partial charge is 0.252 e. The molecule has 6 rings (SSSR count). The highest BCUT2D eigenvalue weighted by Crippen LogP contribution is 2.29. The Balaban J connectivity index is 1.36. The van der Waals surface area contributed by atoms with E-state index in [0.717, 1.165) is 60.4 Å². The molecule has 0 radical (unpaired) electrons. The van der Waals surface area contributed by atoms with Crippen molar-refractivity contribution < 1.29 is 4.79 Å². The third-order valence-electron chi connectivity index (χ3n) is 7.95. The van der Waals surface area contributed by atoms with Gasteiger partial charge in [-0.15, -0.1) is 0 Å². The van der Waals surface area contributed by atoms with E-state index in [0.29, 0.717) is 23.7 Å². The second-order valence-electron chi connectivity index (χ2n) is 11.1. The summed E-state index contributed by atoms with van der Waals surface area (Å²) in [5.41, 5.74) is 5.18. The molecule has 40 heavy (non-hydrogen) atoms. The molecule has 5 aromatic rings. The van der Waals surface area contributed by atoms with Crippen molar-refractivity contribution in [2.24, 2.45) is 0 Å². The minimum Gasteiger partial charge on any atom is -0.351 e. The lowest BCUT2D eigenvalue weighted by atomic mass is 10.0. The van der Waals surface area contributed by atoms with E-state index < -0.39 is 0 Å². The molecule has 1 aliphatic heterocycles. The van der Waals surface area contributed by atoms with Crippen LogP contribution in [-0.2, 0) is 0 Å². The molecule has 7 heteroatoms. The van der Waals surface area contributed by atoms with Crippen molar-refractivity contribution in [2.75, 3.05) is 46.3 Å². The van der Waals surface area contributed by atoms with Gasteiger partial charge in [-0.2, -0.15) is 5.10 Å². The average molecular weight is 533 g/mol. The fourth-order valence-electron chi connectivity index (χ4n) is 5.37. The normalized spacial score (nSPS) is 14.8. The molecule has 3 aromatic carbocycles. The monoisotopic (exact) mass is 532 g/mol. The molecule has 0 saturated carbocycles. The maximum atomic E-state index is 13.6. The van der Waals surface area contributed by atoms with Crippen molar-refractivity contribution in [3.8, 4) is 16.9 Å². The number of fused-ring (bicyclic) bond motifs is 2. The number of nitrogens with one attached hydrogen (secondary N) is 1. The average Bonchev–Trinajstić information content (AvgIpc) is 3.41. The SMILES string of the molecule is CC(C)c1ccc(-n2ncc3c(C(=O)NCCN4CCN(C)CC4)cc(-c4ccc5ccccc5c4)nc32)cc1. The van der Waals surface area contributed by atoms with Crippen LogP contribution in [0.4, 0.5) is 0 Å². The largest absolute Gasteiger partial charge is 0.351 e. The molecule has 204 valence electrons. The lowest BCUT2D eigenvalue weighted by Crippen LogP contribution is -2.46. The first-order chi connectivity index (χ1) is 19.5. The number of benzene rings is 3. The Morgan fingerprint density at radius 3 is 2.42 bits per heavy atom. The van der Waals surface area contributed by atoms with Crippen LogP contribution in [0.1, 0.15) is 35.7 Å². The molecule has 2 aromatic heterocycles. The van der Waals surface area contributed by atoms with Crippen LogP contribution in [0.15, 0.2) is 79.0 Å². The number of rotatable bonds is 7. The lowest BCUT2D eigenvalue weighted by molar-refractivity contribution is 0.0942. The van der Waals surface area contributed by atoms with Crippen LogP contribution >= 0.6 is 0 Å². The fourth-order valence-corrected chi connectivity index (χ4v) is 5.37. The third kappa shape index (κ3) is 5.35. The highest BCUT2D eigenvalue weighted by Gasteiger charge is 2.19. The van der Waals surface area contributed by atoms with E-state index in [1.54, 1.807) is 6.20 Å². The minimum atomic E-state index is -0.0988. The first-order valence-electron chi connectivity index (χ1n) is 14.1. The second kappa shape index (κ2) is 11.2. The summed E-state index contributed by atoms with van der Waals surface area (Å²) in [4.78, 5) is 23.4. The molecule has 1 amide bonds. The van der Waals surface area contributed by atoms with E-state index in [1.807, 2.05) is 22.9 Å². The van der Waals surface area contributed by atoms with Crippen molar-refractivity contribution in [1.29, 1.82) is 0 Å². The number of carbonyl (C=O) groups is 1. The van der Waals surface area contributed by atoms with Gasteiger partial charge < -0.3 is 10.2 Å². The number of piperazine rings is 1. The number of carbonyl (C=O) groups excluding carboxylic acids is 1. The molecule has 0 atom stereocenters. The molecule has 1 saturated heterocycles. The van der Waals surface area contributed by atoms with Crippen LogP contribution in [0.5, 0.6) is 0 Å². The summed E-state index contributed by atoms with van der Waals surface area (Å²) in [5.74, 6) is 0.348. The maximum Gasteiger partial charge on any atom is 0.252 e. The maximum absolute atomic E-state index is 13.6. The summed E-state index contributed by atoms with van der Waals surface area (Å²) in [6.45, 7) is 9.99. The van der Waals surface area contributed by atoms with Gasteiger partial charge in [0.05, 0.1) is 28.5 Å². The Kier molecular flexibility index (Phi) is 7.32. The fraction of sp³-hybridized carbons (Fsp3) is 0.303. The highest BCUT2D eigenvalue weighted by molar-refractivity contribution is 6.07. The summed E-state index contributed by atoms with van der Waals surface area (Å²) in [5, 5.41) is 10.9. The summed E-state index contributed by atoms with van der Waals surface area (Å²) >= 11 is 0. The molecular weight excluding hydrogens is 496 g/mol. The standard InChI is InChI=1S/C33H36N6O/c1-23(2)24-10-12-28(13-11-24)39-32-30(22-35-39)29(33(40)34-14-15-38-18-16-37(3)17-19-38)21-31(36-32)27-9-8-25-6-4-5-7-26(25)20-27/h4-13,20-23H,14-19H2,1-3H3,(H,34,40). The van der Waals surface area contributed by atoms with Gasteiger partial charge in [0.2, 0.25) is 0 Å². The Bertz CT molecular complexity index is 1650. The number of likely N-dealkylation sites (N-methyl/N-ethyl adjacent to an activating group) is 1. The molecule has 1 aliphatic rings. The van der Waals surface area contributed by atoms with Crippen LogP contribution in [0.3, 0.4) is 0 Å². The topological polar surface area (TPSA) is 66.3 Å². The van der Waals surface area contributed by atoms with Crippen LogP contribution in [0.25, 0.3) is 38.8 Å². The van der Waals surface area contributed by atoms with Gasteiger partial charge in [0.1, 0.15) is 0 Å². The van der Waals surface area contributed by atoms with Crippen molar-refractivity contribution in [2.45, 2.75) is 19.8 Å². The highest BCUT2D eigenvalue weighted by atomic mass is 16.1. The van der Waals surface area contributed by atoms with E-state index in [1.165, 1.54) is 10.9 Å². The molecule has 0 unspecified atom stereocenters. The molecule has 0 spiro atoms. The van der Waals surface area contributed by atoms with Gasteiger partial charge >= 0.3 is 0 Å². The summed E-state index contributed by atoms with van der Waals surface area (Å²) < 4.78 is 1.84. The number of pyridine rings is 1. The van der Waals surface area contributed by atoms with Gasteiger partial charge in [0.15, 0.2) is 5.65 Å². The molecule has 1 fully saturated rings. The number of hydrogen-bond donors (Lipinski definition) is 1. The number of hydrogen-bond acceptors (Lipinski definition) is 5. The minimum absolute atomic E-state index is 0.0988. The summed E-state index contributed by atoms with van der Waals surface area (Å²) in [6, 6.07) is 24.9. The predicted octanol–water partition coefficient (Wildman–Crippen LogP) is 5.34. The first kappa shape index (κ1) is 26.2. The summed E-state index contributed by atoms with van der Waals surface area (Å²) in [6.07, 6.45) is 1.76. The second-order valence-corrected chi connectivity index (χ2v) is 11.1. The quantitative estimate of drug-likeness (QED) is 0.307. The molecule has 0 bridgehead atoms. The van der Waals surface area contributed by atoms with Gasteiger partial charge in [-0.25, -0.2) is 9.67 Å². The number of aromatic nitrogens is 3. The van der Waals surface area contributed by atoms with E-state index in [9.17, 15) is 4.79 Å². The van der Waals surface area contributed by atoms with E-state index in [2.05, 4.69) is 95.7 Å². The van der Waals surface area contributed by atoms with Crippen molar-refractivity contribution in [3.63, 3.8) is 0 Å². The van der Waals surface area contributed by atoms with Crippen LogP contribution < -0.4 is 5.32 Å². The predicted molar refractivity (Wildman–Crippen MR) is 162 cm³/mol. The third-order valence-corrected chi connectivity index (χ3v) is 7.95. The van der Waals surface area contributed by atoms with E-state index >= 15 is 0 Å². The van der Waals surface area contributed by atoms with Gasteiger partial charge in [0.25, 0.3) is 5.91 Å². The van der Waals surface area contributed by atoms with Crippen LogP contribution in [0, 0.1) is 0 Å². The zero-order chi connectivity index (χ0) is 27.6. The van der Waals surface area contributed by atoms with E-state index in [-0.39, 0.29) is 5.91 Å². The van der Waals surface area contributed by atoms with Crippen molar-refractivity contribution in [1.82, 2.24) is 29.9 Å². The molecule has 3 heterocycles. The van der Waals surface area contributed by atoms with Gasteiger partial charge in [-0.3, -0.25) is 9.69 Å². The van der Waals surface area contributed by atoms with Crippen LogP contribution in [0.2, 0.25) is 0 Å². The number of amides is 1. The van der Waals surface area contributed by atoms with E-state index in [4.69, 9.17) is 4.98 Å². The van der Waals surface area contributed by atoms with Gasteiger partial charge in [-0.05, 0) is 53.6 Å². The Morgan fingerprint density at radius 1 is 0.925 bits per heavy atom. The molecule has 7 nitrogen and oxygen atoms in total. The van der Waals surface area contributed by atoms with Gasteiger partial charge in [0, 0.05) is 44.8 Å². The Labute approximate surface area is 235 Å². The number of nitrogens with zero attached hydrogens (tertiary/aromatic N) is 5. The molecule has 0 aliphatic carbocycles. The Morgan fingerprint density at radius 2 is 1.68 bits per heavy atom. The first-order valence-corrected chi connectivity index (χ1v) is 14.1. The van der Waals surface area contributed by atoms with Crippen LogP contribution in [-0.4, -0.2) is 76.8 Å². The molecule has 1 N–H and O–H groups in total. The van der Waals surface area contributed by atoms with Crippen molar-refractivity contribution >= 4 is 27.7 Å². The zero-order valence-electron chi connectivity index (χ0n) is 23.5. The Hall–Kier alpha value is -4.07. The van der Waals surface area contributed by atoms with Crippen molar-refractivity contribution in [3.05, 3.63) is 90.1 Å².